The number of unbranched alkanes of at least 4 members (excludes halogenated alkanes) is 34. The van der Waals surface area contributed by atoms with Gasteiger partial charge in [0.05, 0.1) is 0 Å². The number of carbonyl (C=O) groups excluding carboxylic acids is 3. The van der Waals surface area contributed by atoms with Crippen LogP contribution in [-0.4, -0.2) is 37.2 Å². The van der Waals surface area contributed by atoms with Crippen molar-refractivity contribution in [2.24, 2.45) is 0 Å². The van der Waals surface area contributed by atoms with E-state index in [9.17, 15) is 14.4 Å². The average Bonchev–Trinajstić information content (AvgIpc) is 3.39. The SMILES string of the molecule is CC/C=C\C/C=C\C/C=C\C/C=C\C/C=C\CCCCCC(=O)OC(COC(=O)CCCCCCC/C=C\CCCCC)COC(=O)CCCCCCCCCCCCCCCCCCCCCCCCCC. The van der Waals surface area contributed by atoms with E-state index in [0.717, 1.165) is 103 Å². The summed E-state index contributed by atoms with van der Waals surface area (Å²) in [5.41, 5.74) is 0. The molecule has 0 saturated heterocycles. The molecular weight excluding hydrogens is 901 g/mol. The molecule has 0 radical (unpaired) electrons. The maximum atomic E-state index is 12.9. The van der Waals surface area contributed by atoms with Crippen LogP contribution in [0.2, 0.25) is 0 Å². The largest absolute Gasteiger partial charge is 0.462 e. The van der Waals surface area contributed by atoms with Crippen LogP contribution < -0.4 is 0 Å². The summed E-state index contributed by atoms with van der Waals surface area (Å²) < 4.78 is 16.9. The molecule has 0 amide bonds. The van der Waals surface area contributed by atoms with Crippen LogP contribution in [0.3, 0.4) is 0 Å². The van der Waals surface area contributed by atoms with Crippen LogP contribution in [0.5, 0.6) is 0 Å². The molecule has 0 aromatic carbocycles. The maximum Gasteiger partial charge on any atom is 0.306 e. The van der Waals surface area contributed by atoms with Crippen molar-refractivity contribution in [2.75, 3.05) is 13.2 Å². The molecule has 6 nitrogen and oxygen atoms in total. The van der Waals surface area contributed by atoms with Crippen LogP contribution in [0.25, 0.3) is 0 Å². The Morgan fingerprint density at radius 1 is 0.288 bits per heavy atom. The van der Waals surface area contributed by atoms with E-state index in [2.05, 4.69) is 93.7 Å². The lowest BCUT2D eigenvalue weighted by molar-refractivity contribution is -0.167. The second-order valence-corrected chi connectivity index (χ2v) is 20.9. The van der Waals surface area contributed by atoms with Gasteiger partial charge < -0.3 is 14.2 Å². The Kier molecular flexibility index (Phi) is 58.7. The molecule has 6 heteroatoms. The summed E-state index contributed by atoms with van der Waals surface area (Å²) in [6, 6.07) is 0. The van der Waals surface area contributed by atoms with Crippen molar-refractivity contribution in [3.05, 3.63) is 72.9 Å². The Hall–Kier alpha value is -3.15. The van der Waals surface area contributed by atoms with Crippen LogP contribution in [0, 0.1) is 0 Å². The van der Waals surface area contributed by atoms with Crippen LogP contribution in [0.4, 0.5) is 0 Å². The normalized spacial score (nSPS) is 12.5. The zero-order valence-electron chi connectivity index (χ0n) is 48.4. The van der Waals surface area contributed by atoms with E-state index in [0.29, 0.717) is 12.8 Å². The van der Waals surface area contributed by atoms with Crippen LogP contribution in [0.15, 0.2) is 72.9 Å². The maximum absolute atomic E-state index is 12.9. The van der Waals surface area contributed by atoms with Crippen molar-refractivity contribution in [2.45, 2.75) is 322 Å². The van der Waals surface area contributed by atoms with Crippen molar-refractivity contribution in [1.82, 2.24) is 0 Å². The van der Waals surface area contributed by atoms with Gasteiger partial charge in [-0.1, -0.05) is 280 Å². The molecule has 0 rings (SSSR count). The summed E-state index contributed by atoms with van der Waals surface area (Å²) in [5.74, 6) is -0.918. The summed E-state index contributed by atoms with van der Waals surface area (Å²) in [6.07, 6.45) is 79.2. The molecule has 0 heterocycles. The first-order chi connectivity index (χ1) is 36.0. The monoisotopic (exact) mass is 1020 g/mol. The zero-order valence-corrected chi connectivity index (χ0v) is 48.4. The van der Waals surface area contributed by atoms with Gasteiger partial charge in [0.2, 0.25) is 0 Å². The number of rotatable bonds is 57. The van der Waals surface area contributed by atoms with Gasteiger partial charge in [-0.3, -0.25) is 14.4 Å². The highest BCUT2D eigenvalue weighted by Gasteiger charge is 2.19. The van der Waals surface area contributed by atoms with E-state index in [1.165, 1.54) is 173 Å². The van der Waals surface area contributed by atoms with Gasteiger partial charge in [0, 0.05) is 19.3 Å². The number of carbonyl (C=O) groups is 3. The van der Waals surface area contributed by atoms with E-state index >= 15 is 0 Å². The molecule has 0 saturated carbocycles. The predicted octanol–water partition coefficient (Wildman–Crippen LogP) is 21.3. The van der Waals surface area contributed by atoms with Crippen LogP contribution >= 0.6 is 0 Å². The smallest absolute Gasteiger partial charge is 0.306 e. The summed E-state index contributed by atoms with van der Waals surface area (Å²) >= 11 is 0. The lowest BCUT2D eigenvalue weighted by Crippen LogP contribution is -2.30. The summed E-state index contributed by atoms with van der Waals surface area (Å²) in [4.78, 5) is 38.2. The second-order valence-electron chi connectivity index (χ2n) is 20.9. The molecule has 0 aromatic rings. The first kappa shape index (κ1) is 69.8. The van der Waals surface area contributed by atoms with Gasteiger partial charge in [-0.15, -0.1) is 0 Å². The third-order valence-corrected chi connectivity index (χ3v) is 13.7. The van der Waals surface area contributed by atoms with Crippen LogP contribution in [0.1, 0.15) is 316 Å². The molecule has 0 aliphatic rings. The Morgan fingerprint density at radius 3 is 0.890 bits per heavy atom. The van der Waals surface area contributed by atoms with Gasteiger partial charge in [-0.05, 0) is 89.9 Å². The average molecular weight is 1020 g/mol. The molecule has 0 aliphatic heterocycles. The number of hydrogen-bond acceptors (Lipinski definition) is 6. The van der Waals surface area contributed by atoms with E-state index in [1.807, 2.05) is 0 Å². The molecular formula is C67H118O6. The molecule has 1 unspecified atom stereocenters. The lowest BCUT2D eigenvalue weighted by Gasteiger charge is -2.18. The number of esters is 3. The van der Waals surface area contributed by atoms with E-state index in [4.69, 9.17) is 14.2 Å². The standard InChI is InChI=1S/C67H118O6/c1-4-7-10-13-16-19-22-25-27-29-31-32-33-34-35-37-38-40-42-45-48-51-54-57-60-66(69)72-63-64(62-71-65(68)59-56-53-50-47-44-24-21-18-15-12-9-6-3)73-67(70)61-58-55-52-49-46-43-41-39-36-30-28-26-23-20-17-14-11-8-5-2/h8,11,17-18,20-21,26,28,36,39,43,46,64H,4-7,9-10,12-16,19,22-25,27,29-35,37-38,40-42,44-45,47-63H2,1-3H3/b11-8-,20-17-,21-18-,28-26-,39-36-,46-43-. The Bertz CT molecular complexity index is 1360. The molecule has 0 N–H and O–H groups in total. The van der Waals surface area contributed by atoms with Crippen LogP contribution in [-0.2, 0) is 28.6 Å². The topological polar surface area (TPSA) is 78.9 Å². The molecule has 1 atom stereocenters. The third kappa shape index (κ3) is 59.6. The van der Waals surface area contributed by atoms with Gasteiger partial charge in [-0.25, -0.2) is 0 Å². The Balaban J connectivity index is 4.31. The number of hydrogen-bond donors (Lipinski definition) is 0. The molecule has 0 aromatic heterocycles. The molecule has 0 aliphatic carbocycles. The van der Waals surface area contributed by atoms with Crippen molar-refractivity contribution >= 4 is 17.9 Å². The minimum atomic E-state index is -0.795. The molecule has 0 fully saturated rings. The van der Waals surface area contributed by atoms with Crippen molar-refractivity contribution < 1.29 is 28.6 Å². The minimum Gasteiger partial charge on any atom is -0.462 e. The molecule has 0 bridgehead atoms. The van der Waals surface area contributed by atoms with Gasteiger partial charge >= 0.3 is 17.9 Å². The lowest BCUT2D eigenvalue weighted by atomic mass is 10.0. The highest BCUT2D eigenvalue weighted by Crippen LogP contribution is 2.17. The Labute approximate surface area is 453 Å². The predicted molar refractivity (Wildman–Crippen MR) is 316 cm³/mol. The van der Waals surface area contributed by atoms with Crippen molar-refractivity contribution in [1.29, 1.82) is 0 Å². The fourth-order valence-electron chi connectivity index (χ4n) is 9.00. The number of ether oxygens (including phenoxy) is 3. The Morgan fingerprint density at radius 2 is 0.534 bits per heavy atom. The van der Waals surface area contributed by atoms with Gasteiger partial charge in [0.1, 0.15) is 13.2 Å². The highest BCUT2D eigenvalue weighted by molar-refractivity contribution is 5.71. The fraction of sp³-hybridized carbons (Fsp3) is 0.776. The van der Waals surface area contributed by atoms with E-state index < -0.39 is 6.10 Å². The van der Waals surface area contributed by atoms with Crippen molar-refractivity contribution in [3.8, 4) is 0 Å². The highest BCUT2D eigenvalue weighted by atomic mass is 16.6. The fourth-order valence-corrected chi connectivity index (χ4v) is 9.00. The quantitative estimate of drug-likeness (QED) is 0.0261. The van der Waals surface area contributed by atoms with Crippen molar-refractivity contribution in [3.63, 3.8) is 0 Å². The minimum absolute atomic E-state index is 0.0889. The third-order valence-electron chi connectivity index (χ3n) is 13.7. The first-order valence-electron chi connectivity index (χ1n) is 31.4. The molecule has 0 spiro atoms. The number of allylic oxidation sites excluding steroid dienone is 12. The van der Waals surface area contributed by atoms with Gasteiger partial charge in [0.25, 0.3) is 0 Å². The second kappa shape index (κ2) is 61.4. The van der Waals surface area contributed by atoms with Gasteiger partial charge in [0.15, 0.2) is 6.10 Å². The van der Waals surface area contributed by atoms with E-state index in [1.54, 1.807) is 0 Å². The summed E-state index contributed by atoms with van der Waals surface area (Å²) in [7, 11) is 0. The zero-order chi connectivity index (χ0) is 52.9. The summed E-state index contributed by atoms with van der Waals surface area (Å²) in [6.45, 7) is 6.50. The van der Waals surface area contributed by atoms with Gasteiger partial charge in [-0.2, -0.15) is 0 Å². The van der Waals surface area contributed by atoms with E-state index in [-0.39, 0.29) is 37.5 Å². The molecule has 422 valence electrons. The first-order valence-corrected chi connectivity index (χ1v) is 31.4. The molecule has 73 heavy (non-hydrogen) atoms. The summed E-state index contributed by atoms with van der Waals surface area (Å²) in [5, 5.41) is 0.